The van der Waals surface area contributed by atoms with Crippen LogP contribution in [-0.2, 0) is 15.0 Å². The number of benzene rings is 1. The van der Waals surface area contributed by atoms with E-state index in [9.17, 15) is 17.1 Å². The van der Waals surface area contributed by atoms with E-state index in [1.54, 1.807) is 24.4 Å². The first-order chi connectivity index (χ1) is 10.4. The molecule has 8 heteroatoms. The lowest BCUT2D eigenvalue weighted by Gasteiger charge is -2.17. The molecular weight excluding hydrogens is 311 g/mol. The van der Waals surface area contributed by atoms with E-state index >= 15 is 0 Å². The van der Waals surface area contributed by atoms with Crippen LogP contribution in [0.5, 0.6) is 0 Å². The zero-order valence-corrected chi connectivity index (χ0v) is 12.3. The molecule has 1 fully saturated rings. The van der Waals surface area contributed by atoms with E-state index in [0.29, 0.717) is 11.4 Å². The Morgan fingerprint density at radius 3 is 2.91 bits per heavy atom. The van der Waals surface area contributed by atoms with E-state index in [4.69, 9.17) is 4.42 Å². The fraction of sp³-hybridized carbons (Fsp3) is 0.286. The summed E-state index contributed by atoms with van der Waals surface area (Å²) < 4.78 is 39.4. The number of aromatic nitrogens is 1. The van der Waals surface area contributed by atoms with E-state index in [2.05, 4.69) is 4.98 Å². The number of halogens is 1. The molecule has 0 spiro atoms. The topological polar surface area (TPSA) is 80.5 Å². The van der Waals surface area contributed by atoms with Gasteiger partial charge in [-0.05, 0) is 12.1 Å². The third-order valence-electron chi connectivity index (χ3n) is 3.51. The number of nitrogens with zero attached hydrogens (tertiary/aromatic N) is 2. The summed E-state index contributed by atoms with van der Waals surface area (Å²) in [5.74, 6) is -0.812. The number of oxazole rings is 1. The highest BCUT2D eigenvalue weighted by Gasteiger charge is 2.33. The maximum absolute atomic E-state index is 12.8. The number of carbonyl (C=O) groups excluding carboxylic acids is 1. The van der Waals surface area contributed by atoms with E-state index in [1.165, 1.54) is 11.3 Å². The van der Waals surface area contributed by atoms with Gasteiger partial charge in [-0.15, -0.1) is 3.89 Å². The molecule has 0 bridgehead atoms. The minimum atomic E-state index is -4.58. The van der Waals surface area contributed by atoms with Crippen molar-refractivity contribution >= 4 is 21.8 Å². The molecule has 1 unspecified atom stereocenters. The molecule has 2 heterocycles. The van der Waals surface area contributed by atoms with E-state index in [1.807, 2.05) is 6.07 Å². The molecule has 0 N–H and O–H groups in total. The fourth-order valence-corrected chi connectivity index (χ4v) is 3.40. The van der Waals surface area contributed by atoms with Crippen LogP contribution in [0.3, 0.4) is 0 Å². The van der Waals surface area contributed by atoms with E-state index in [0.717, 1.165) is 5.56 Å². The lowest BCUT2D eigenvalue weighted by Crippen LogP contribution is -2.25. The quantitative estimate of drug-likeness (QED) is 0.804. The van der Waals surface area contributed by atoms with Crippen molar-refractivity contribution in [2.45, 2.75) is 6.42 Å². The number of hydrogen-bond acceptors (Lipinski definition) is 5. The van der Waals surface area contributed by atoms with Crippen LogP contribution in [0.15, 0.2) is 41.3 Å². The van der Waals surface area contributed by atoms with Crippen LogP contribution >= 0.6 is 0 Å². The molecule has 2 aromatic rings. The SMILES string of the molecule is O=C1CC(CS(=O)(=O)F)CN1c1cccc(-c2cnco2)c1. The molecule has 116 valence electrons. The van der Waals surface area contributed by atoms with Crippen molar-refractivity contribution in [1.82, 2.24) is 4.98 Å². The molecule has 1 aliphatic rings. The Morgan fingerprint density at radius 1 is 1.41 bits per heavy atom. The van der Waals surface area contributed by atoms with Crippen LogP contribution in [0.25, 0.3) is 11.3 Å². The Balaban J connectivity index is 1.83. The van der Waals surface area contributed by atoms with Gasteiger partial charge in [0.2, 0.25) is 5.91 Å². The molecule has 1 amide bonds. The zero-order valence-electron chi connectivity index (χ0n) is 11.5. The number of carbonyl (C=O) groups is 1. The van der Waals surface area contributed by atoms with Gasteiger partial charge < -0.3 is 9.32 Å². The van der Waals surface area contributed by atoms with Crippen LogP contribution in [0, 0.1) is 5.92 Å². The van der Waals surface area contributed by atoms with Crippen molar-refractivity contribution in [3.63, 3.8) is 0 Å². The fourth-order valence-electron chi connectivity index (χ4n) is 2.61. The van der Waals surface area contributed by atoms with Gasteiger partial charge in [0, 0.05) is 30.1 Å². The largest absolute Gasteiger partial charge is 0.444 e. The number of hydrogen-bond donors (Lipinski definition) is 0. The molecule has 1 aromatic heterocycles. The van der Waals surface area contributed by atoms with Gasteiger partial charge in [0.05, 0.1) is 11.9 Å². The van der Waals surface area contributed by atoms with Gasteiger partial charge in [0.1, 0.15) is 0 Å². The van der Waals surface area contributed by atoms with Crippen molar-refractivity contribution < 1.29 is 21.5 Å². The highest BCUT2D eigenvalue weighted by molar-refractivity contribution is 7.86. The summed E-state index contributed by atoms with van der Waals surface area (Å²) in [5, 5.41) is 0. The molecule has 6 nitrogen and oxygen atoms in total. The first-order valence-electron chi connectivity index (χ1n) is 6.64. The highest BCUT2D eigenvalue weighted by atomic mass is 32.3. The van der Waals surface area contributed by atoms with Gasteiger partial charge >= 0.3 is 10.2 Å². The Bertz CT molecular complexity index is 789. The van der Waals surface area contributed by atoms with E-state index in [-0.39, 0.29) is 18.9 Å². The monoisotopic (exact) mass is 324 g/mol. The Hall–Kier alpha value is -2.22. The normalized spacial score (nSPS) is 18.9. The summed E-state index contributed by atoms with van der Waals surface area (Å²) in [5.41, 5.74) is 1.38. The molecule has 1 aliphatic heterocycles. The Morgan fingerprint density at radius 2 is 2.23 bits per heavy atom. The minimum absolute atomic E-state index is 0.0235. The van der Waals surface area contributed by atoms with Gasteiger partial charge in [0.15, 0.2) is 12.2 Å². The van der Waals surface area contributed by atoms with Crippen molar-refractivity contribution in [3.05, 3.63) is 36.9 Å². The second-order valence-electron chi connectivity index (χ2n) is 5.20. The summed E-state index contributed by atoms with van der Waals surface area (Å²) >= 11 is 0. The summed E-state index contributed by atoms with van der Waals surface area (Å²) in [7, 11) is -4.58. The lowest BCUT2D eigenvalue weighted by atomic mass is 10.1. The Labute approximate surface area is 126 Å². The smallest absolute Gasteiger partial charge is 0.302 e. The third kappa shape index (κ3) is 3.16. The van der Waals surface area contributed by atoms with Gasteiger partial charge in [-0.2, -0.15) is 8.42 Å². The molecule has 1 atom stereocenters. The van der Waals surface area contributed by atoms with Crippen LogP contribution in [-0.4, -0.2) is 31.6 Å². The molecule has 3 rings (SSSR count). The Kier molecular flexibility index (Phi) is 3.69. The first kappa shape index (κ1) is 14.7. The average molecular weight is 324 g/mol. The zero-order chi connectivity index (χ0) is 15.7. The summed E-state index contributed by atoms with van der Waals surface area (Å²) in [6, 6.07) is 7.07. The van der Waals surface area contributed by atoms with Gasteiger partial charge in [-0.25, -0.2) is 4.98 Å². The summed E-state index contributed by atoms with van der Waals surface area (Å²) in [4.78, 5) is 17.3. The number of rotatable bonds is 4. The van der Waals surface area contributed by atoms with Crippen LogP contribution in [0.1, 0.15) is 6.42 Å². The average Bonchev–Trinajstić information content (AvgIpc) is 3.07. The highest BCUT2D eigenvalue weighted by Crippen LogP contribution is 2.29. The van der Waals surface area contributed by atoms with Crippen molar-refractivity contribution in [1.29, 1.82) is 0 Å². The molecule has 1 saturated heterocycles. The molecule has 22 heavy (non-hydrogen) atoms. The van der Waals surface area contributed by atoms with Gasteiger partial charge in [-0.1, -0.05) is 12.1 Å². The van der Waals surface area contributed by atoms with E-state index < -0.39 is 21.9 Å². The minimum Gasteiger partial charge on any atom is -0.444 e. The van der Waals surface area contributed by atoms with Gasteiger partial charge in [0.25, 0.3) is 0 Å². The standard InChI is InChI=1S/C14H13FN2O4S/c15-22(19,20)8-10-4-14(18)17(7-10)12-3-1-2-11(5-12)13-6-16-9-21-13/h1-3,5-6,9-10H,4,7-8H2. The van der Waals surface area contributed by atoms with Gasteiger partial charge in [-0.3, -0.25) is 4.79 Å². The maximum Gasteiger partial charge on any atom is 0.302 e. The maximum atomic E-state index is 12.8. The second-order valence-corrected chi connectivity index (χ2v) is 6.61. The molecule has 0 saturated carbocycles. The molecule has 1 aromatic carbocycles. The summed E-state index contributed by atoms with van der Waals surface area (Å²) in [6.45, 7) is 0.182. The van der Waals surface area contributed by atoms with Crippen LogP contribution < -0.4 is 4.90 Å². The number of anilines is 1. The number of amides is 1. The van der Waals surface area contributed by atoms with Crippen molar-refractivity contribution in [2.75, 3.05) is 17.2 Å². The summed E-state index contributed by atoms with van der Waals surface area (Å²) in [6.07, 6.45) is 2.89. The molecular formula is C14H13FN2O4S. The molecule has 0 radical (unpaired) electrons. The predicted molar refractivity (Wildman–Crippen MR) is 77.3 cm³/mol. The van der Waals surface area contributed by atoms with Crippen molar-refractivity contribution in [2.24, 2.45) is 5.92 Å². The van der Waals surface area contributed by atoms with Crippen LogP contribution in [0.4, 0.5) is 9.57 Å². The molecule has 0 aliphatic carbocycles. The van der Waals surface area contributed by atoms with Crippen LogP contribution in [0.2, 0.25) is 0 Å². The lowest BCUT2D eigenvalue weighted by molar-refractivity contribution is -0.117. The first-order valence-corrected chi connectivity index (χ1v) is 8.19. The van der Waals surface area contributed by atoms with Crippen molar-refractivity contribution in [3.8, 4) is 11.3 Å². The third-order valence-corrected chi connectivity index (χ3v) is 4.38. The second kappa shape index (κ2) is 5.53. The predicted octanol–water partition coefficient (Wildman–Crippen LogP) is 1.99.